The molecule has 2 aromatic carbocycles. The van der Waals surface area contributed by atoms with Crippen LogP contribution in [-0.4, -0.2) is 8.42 Å². The summed E-state index contributed by atoms with van der Waals surface area (Å²) < 4.78 is 49.2. The van der Waals surface area contributed by atoms with E-state index in [0.717, 1.165) is 12.1 Å². The summed E-state index contributed by atoms with van der Waals surface area (Å²) in [5.74, 6) is -1.78. The van der Waals surface area contributed by atoms with Crippen LogP contribution in [-0.2, 0) is 10.0 Å². The highest BCUT2D eigenvalue weighted by molar-refractivity contribution is 7.89. The van der Waals surface area contributed by atoms with Crippen molar-refractivity contribution in [3.63, 3.8) is 0 Å². The number of sulfonamides is 1. The second kappa shape index (κ2) is 5.47. The van der Waals surface area contributed by atoms with Crippen LogP contribution in [0.2, 0.25) is 5.02 Å². The molecule has 0 aliphatic rings. The quantitative estimate of drug-likeness (QED) is 0.752. The number of anilines is 3. The van der Waals surface area contributed by atoms with Gasteiger partial charge in [0, 0.05) is 6.07 Å². The first-order valence-electron chi connectivity index (χ1n) is 5.52. The van der Waals surface area contributed by atoms with E-state index >= 15 is 0 Å². The van der Waals surface area contributed by atoms with E-state index in [9.17, 15) is 17.2 Å². The molecular weight excluding hydrogens is 324 g/mol. The van der Waals surface area contributed by atoms with Gasteiger partial charge in [-0.05, 0) is 24.3 Å². The average Bonchev–Trinajstić information content (AvgIpc) is 2.34. The molecule has 21 heavy (non-hydrogen) atoms. The minimum atomic E-state index is -3.94. The van der Waals surface area contributed by atoms with Crippen LogP contribution >= 0.6 is 11.6 Å². The molecule has 0 aliphatic heterocycles. The monoisotopic (exact) mass is 333 g/mol. The van der Waals surface area contributed by atoms with Crippen molar-refractivity contribution in [3.8, 4) is 0 Å². The van der Waals surface area contributed by atoms with E-state index < -0.39 is 21.7 Å². The van der Waals surface area contributed by atoms with E-state index in [-0.39, 0.29) is 27.0 Å². The summed E-state index contributed by atoms with van der Waals surface area (Å²) in [6.45, 7) is 0. The van der Waals surface area contributed by atoms with E-state index in [1.807, 2.05) is 0 Å². The van der Waals surface area contributed by atoms with Crippen molar-refractivity contribution in [2.45, 2.75) is 4.90 Å². The van der Waals surface area contributed by atoms with Crippen LogP contribution in [0.1, 0.15) is 0 Å². The Bertz CT molecular complexity index is 789. The minimum absolute atomic E-state index is 0.0777. The zero-order valence-electron chi connectivity index (χ0n) is 10.4. The molecular formula is C12H10ClF2N3O2S. The van der Waals surface area contributed by atoms with E-state index in [1.165, 1.54) is 12.1 Å². The SMILES string of the molecule is Nc1ccc(S(N)(=O)=O)cc1Nc1c(F)cc(F)cc1Cl. The van der Waals surface area contributed by atoms with Crippen LogP contribution in [0, 0.1) is 11.6 Å². The maximum Gasteiger partial charge on any atom is 0.238 e. The molecule has 0 atom stereocenters. The number of nitrogens with one attached hydrogen (secondary N) is 1. The summed E-state index contributed by atoms with van der Waals surface area (Å²) in [6, 6.07) is 5.17. The number of halogens is 3. The number of rotatable bonds is 3. The molecule has 0 aliphatic carbocycles. The van der Waals surface area contributed by atoms with E-state index in [1.54, 1.807) is 0 Å². The number of hydrogen-bond acceptors (Lipinski definition) is 4. The molecule has 112 valence electrons. The lowest BCUT2D eigenvalue weighted by atomic mass is 10.2. The van der Waals surface area contributed by atoms with Gasteiger partial charge in [-0.1, -0.05) is 11.6 Å². The number of nitrogen functional groups attached to an aromatic ring is 1. The first-order chi connectivity index (χ1) is 9.68. The highest BCUT2D eigenvalue weighted by atomic mass is 35.5. The van der Waals surface area contributed by atoms with Gasteiger partial charge in [-0.2, -0.15) is 0 Å². The normalized spacial score (nSPS) is 11.4. The Balaban J connectivity index is 2.50. The summed E-state index contributed by atoms with van der Waals surface area (Å²) in [4.78, 5) is -0.210. The maximum absolute atomic E-state index is 13.7. The highest BCUT2D eigenvalue weighted by Crippen LogP contribution is 2.32. The van der Waals surface area contributed by atoms with Gasteiger partial charge in [0.25, 0.3) is 0 Å². The summed E-state index contributed by atoms with van der Waals surface area (Å²) >= 11 is 5.74. The maximum atomic E-state index is 13.7. The molecule has 0 saturated heterocycles. The average molecular weight is 334 g/mol. The van der Waals surface area contributed by atoms with Gasteiger partial charge < -0.3 is 11.1 Å². The first kappa shape index (κ1) is 15.5. The topological polar surface area (TPSA) is 98.2 Å². The van der Waals surface area contributed by atoms with Crippen molar-refractivity contribution in [2.75, 3.05) is 11.1 Å². The van der Waals surface area contributed by atoms with Crippen LogP contribution in [0.15, 0.2) is 35.2 Å². The van der Waals surface area contributed by atoms with Crippen LogP contribution in [0.25, 0.3) is 0 Å². The fourth-order valence-electron chi connectivity index (χ4n) is 1.62. The van der Waals surface area contributed by atoms with Gasteiger partial charge in [0.1, 0.15) is 5.82 Å². The molecule has 0 bridgehead atoms. The second-order valence-electron chi connectivity index (χ2n) is 4.16. The van der Waals surface area contributed by atoms with Crippen LogP contribution in [0.4, 0.5) is 25.8 Å². The Hall–Kier alpha value is -1.90. The van der Waals surface area contributed by atoms with E-state index in [4.69, 9.17) is 22.5 Å². The summed E-state index contributed by atoms with van der Waals surface area (Å²) in [5.41, 5.74) is 5.67. The standard InChI is InChI=1S/C12H10ClF2N3O2S/c13-8-3-6(14)4-9(15)12(8)18-11-5-7(21(17,19)20)1-2-10(11)16/h1-5,18H,16H2,(H2,17,19,20). The molecule has 0 radical (unpaired) electrons. The molecule has 0 amide bonds. The van der Waals surface area contributed by atoms with Crippen molar-refractivity contribution < 1.29 is 17.2 Å². The number of primary sulfonamides is 1. The number of hydrogen-bond donors (Lipinski definition) is 3. The number of nitrogens with two attached hydrogens (primary N) is 2. The van der Waals surface area contributed by atoms with Gasteiger partial charge >= 0.3 is 0 Å². The number of benzene rings is 2. The fourth-order valence-corrected chi connectivity index (χ4v) is 2.40. The fraction of sp³-hybridized carbons (Fsp3) is 0. The van der Waals surface area contributed by atoms with Crippen molar-refractivity contribution in [1.29, 1.82) is 0 Å². The lowest BCUT2D eigenvalue weighted by Gasteiger charge is -2.13. The molecule has 0 fully saturated rings. The predicted molar refractivity (Wildman–Crippen MR) is 76.9 cm³/mol. The smallest absolute Gasteiger partial charge is 0.238 e. The van der Waals surface area contributed by atoms with Crippen molar-refractivity contribution in [1.82, 2.24) is 0 Å². The third-order valence-electron chi connectivity index (χ3n) is 2.62. The molecule has 0 unspecified atom stereocenters. The third-order valence-corrected chi connectivity index (χ3v) is 3.83. The molecule has 5 N–H and O–H groups in total. The van der Waals surface area contributed by atoms with Crippen LogP contribution in [0.5, 0.6) is 0 Å². The molecule has 0 aromatic heterocycles. The molecule has 5 nitrogen and oxygen atoms in total. The van der Waals surface area contributed by atoms with Crippen molar-refractivity contribution in [2.24, 2.45) is 5.14 Å². The zero-order chi connectivity index (χ0) is 15.8. The van der Waals surface area contributed by atoms with Gasteiger partial charge in [0.05, 0.1) is 27.0 Å². The summed E-state index contributed by atoms with van der Waals surface area (Å²) in [6.07, 6.45) is 0. The Labute approximate surface area is 124 Å². The first-order valence-corrected chi connectivity index (χ1v) is 7.45. The van der Waals surface area contributed by atoms with Crippen molar-refractivity contribution >= 4 is 38.7 Å². The molecule has 0 spiro atoms. The minimum Gasteiger partial charge on any atom is -0.397 e. The highest BCUT2D eigenvalue weighted by Gasteiger charge is 2.14. The second-order valence-corrected chi connectivity index (χ2v) is 6.13. The predicted octanol–water partition coefficient (Wildman–Crippen LogP) is 2.59. The lowest BCUT2D eigenvalue weighted by molar-refractivity contribution is 0.586. The van der Waals surface area contributed by atoms with Crippen molar-refractivity contribution in [3.05, 3.63) is 47.0 Å². The lowest BCUT2D eigenvalue weighted by Crippen LogP contribution is -2.12. The van der Waals surface area contributed by atoms with Gasteiger partial charge in [-0.3, -0.25) is 0 Å². The van der Waals surface area contributed by atoms with Gasteiger partial charge in [0.2, 0.25) is 10.0 Å². The van der Waals surface area contributed by atoms with E-state index in [2.05, 4.69) is 5.32 Å². The summed E-state index contributed by atoms with van der Waals surface area (Å²) in [7, 11) is -3.94. The molecule has 2 aromatic rings. The molecule has 2 rings (SSSR count). The largest absolute Gasteiger partial charge is 0.397 e. The third kappa shape index (κ3) is 3.41. The van der Waals surface area contributed by atoms with Gasteiger partial charge in [-0.25, -0.2) is 22.3 Å². The molecule has 9 heteroatoms. The van der Waals surface area contributed by atoms with Gasteiger partial charge in [0.15, 0.2) is 5.82 Å². The van der Waals surface area contributed by atoms with Crippen LogP contribution in [0.3, 0.4) is 0 Å². The van der Waals surface area contributed by atoms with E-state index in [0.29, 0.717) is 6.07 Å². The van der Waals surface area contributed by atoms with Crippen LogP contribution < -0.4 is 16.2 Å². The van der Waals surface area contributed by atoms with Gasteiger partial charge in [-0.15, -0.1) is 0 Å². The molecule has 0 saturated carbocycles. The summed E-state index contributed by atoms with van der Waals surface area (Å²) in [5, 5.41) is 7.32. The Morgan fingerprint density at radius 2 is 1.81 bits per heavy atom. The molecule has 0 heterocycles. The Kier molecular flexibility index (Phi) is 4.04. The Morgan fingerprint density at radius 1 is 1.14 bits per heavy atom. The zero-order valence-corrected chi connectivity index (χ0v) is 12.0. The Morgan fingerprint density at radius 3 is 2.38 bits per heavy atom.